The summed E-state index contributed by atoms with van der Waals surface area (Å²) in [5, 5.41) is 0. The van der Waals surface area contributed by atoms with E-state index in [-0.39, 0.29) is 0 Å². The molecule has 326 valence electrons. The first-order chi connectivity index (χ1) is 27.5. The summed E-state index contributed by atoms with van der Waals surface area (Å²) in [6.45, 7) is 9.57. The maximum atomic E-state index is 12.9. The topological polar surface area (TPSA) is 59.1 Å². The summed E-state index contributed by atoms with van der Waals surface area (Å²) in [7, 11) is 4.38. The summed E-state index contributed by atoms with van der Waals surface area (Å²) in [5.74, 6) is -0.892. The van der Waals surface area contributed by atoms with Crippen LogP contribution >= 0.6 is 0 Å². The Balaban J connectivity index is 2.03. The van der Waals surface area contributed by atoms with Gasteiger partial charge < -0.3 is 19.3 Å². The highest BCUT2D eigenvalue weighted by Crippen LogP contribution is 2.16. The SMILES string of the molecule is CCCCCCCCCCCCCCCCN(C)CCCCOC(=O)c1ccccc1C(=O)OCCCCN(C)CCCCCCCCCCCCCCCC. The van der Waals surface area contributed by atoms with Crippen LogP contribution in [0.4, 0.5) is 0 Å². The van der Waals surface area contributed by atoms with Crippen LogP contribution in [-0.4, -0.2) is 75.2 Å². The number of hydrogen-bond donors (Lipinski definition) is 0. The average molecular weight is 785 g/mol. The number of carbonyl (C=O) groups is 2. The van der Waals surface area contributed by atoms with E-state index in [1.54, 1.807) is 24.3 Å². The standard InChI is InChI=1S/C50H92N2O4/c1-5-7-9-11-13-15-17-19-21-23-25-27-29-33-41-51(3)43-35-37-45-55-49(53)47-39-31-32-40-48(47)50(54)56-46-38-36-44-52(4)42-34-30-28-26-24-22-20-18-16-14-12-10-8-6-2/h31-32,39-40H,5-30,33-38,41-46H2,1-4H3. The van der Waals surface area contributed by atoms with Crippen LogP contribution < -0.4 is 0 Å². The first kappa shape index (κ1) is 52.1. The van der Waals surface area contributed by atoms with Crippen molar-refractivity contribution in [1.29, 1.82) is 0 Å². The lowest BCUT2D eigenvalue weighted by Crippen LogP contribution is -2.21. The van der Waals surface area contributed by atoms with E-state index in [0.29, 0.717) is 24.3 Å². The van der Waals surface area contributed by atoms with Gasteiger partial charge in [-0.2, -0.15) is 0 Å². The molecule has 0 saturated heterocycles. The Hall–Kier alpha value is -1.92. The van der Waals surface area contributed by atoms with Crippen molar-refractivity contribution in [2.24, 2.45) is 0 Å². The normalized spacial score (nSPS) is 11.5. The van der Waals surface area contributed by atoms with Gasteiger partial charge in [0.1, 0.15) is 0 Å². The largest absolute Gasteiger partial charge is 0.462 e. The van der Waals surface area contributed by atoms with E-state index in [9.17, 15) is 9.59 Å². The van der Waals surface area contributed by atoms with Gasteiger partial charge in [-0.3, -0.25) is 0 Å². The number of nitrogens with zero attached hydrogens (tertiary/aromatic N) is 2. The minimum absolute atomic E-state index is 0.292. The lowest BCUT2D eigenvalue weighted by molar-refractivity contribution is 0.0448. The molecule has 0 aliphatic heterocycles. The van der Waals surface area contributed by atoms with Gasteiger partial charge in [-0.25, -0.2) is 9.59 Å². The van der Waals surface area contributed by atoms with Gasteiger partial charge >= 0.3 is 11.9 Å². The number of rotatable bonds is 42. The van der Waals surface area contributed by atoms with Crippen LogP contribution in [0.2, 0.25) is 0 Å². The molecular formula is C50H92N2O4. The summed E-state index contributed by atoms with van der Waals surface area (Å²) >= 11 is 0. The third kappa shape index (κ3) is 32.1. The highest BCUT2D eigenvalue weighted by atomic mass is 16.5. The summed E-state index contributed by atoms with van der Waals surface area (Å²) in [4.78, 5) is 30.5. The van der Waals surface area contributed by atoms with Gasteiger partial charge in [0.25, 0.3) is 0 Å². The second-order valence-corrected chi connectivity index (χ2v) is 17.0. The molecule has 1 rings (SSSR count). The minimum atomic E-state index is -0.446. The van der Waals surface area contributed by atoms with Gasteiger partial charge in [-0.05, 0) is 90.9 Å². The molecule has 0 unspecified atom stereocenters. The zero-order valence-electron chi connectivity index (χ0n) is 37.7. The third-order valence-corrected chi connectivity index (χ3v) is 11.5. The Labute approximate surface area is 348 Å². The number of carbonyl (C=O) groups excluding carboxylic acids is 2. The maximum Gasteiger partial charge on any atom is 0.339 e. The molecule has 6 heteroatoms. The molecule has 0 atom stereocenters. The van der Waals surface area contributed by atoms with Crippen molar-refractivity contribution in [2.45, 2.75) is 219 Å². The molecule has 0 saturated carbocycles. The fraction of sp³-hybridized carbons (Fsp3) is 0.840. The van der Waals surface area contributed by atoms with Crippen LogP contribution in [0, 0.1) is 0 Å². The van der Waals surface area contributed by atoms with E-state index in [1.165, 1.54) is 180 Å². The zero-order valence-corrected chi connectivity index (χ0v) is 37.7. The highest BCUT2D eigenvalue weighted by Gasteiger charge is 2.19. The van der Waals surface area contributed by atoms with Crippen LogP contribution in [0.1, 0.15) is 240 Å². The van der Waals surface area contributed by atoms with Crippen LogP contribution in [0.25, 0.3) is 0 Å². The summed E-state index contributed by atoms with van der Waals surface area (Å²) in [5.41, 5.74) is 0.584. The molecule has 0 aliphatic rings. The fourth-order valence-corrected chi connectivity index (χ4v) is 7.67. The molecular weight excluding hydrogens is 693 g/mol. The number of benzene rings is 1. The molecule has 6 nitrogen and oxygen atoms in total. The van der Waals surface area contributed by atoms with E-state index in [1.807, 2.05) is 0 Å². The van der Waals surface area contributed by atoms with Gasteiger partial charge in [0.2, 0.25) is 0 Å². The Morgan fingerprint density at radius 2 is 0.607 bits per heavy atom. The van der Waals surface area contributed by atoms with E-state index >= 15 is 0 Å². The molecule has 0 aromatic heterocycles. The number of unbranched alkanes of at least 4 members (excludes halogenated alkanes) is 28. The van der Waals surface area contributed by atoms with Crippen LogP contribution in [0.3, 0.4) is 0 Å². The van der Waals surface area contributed by atoms with Crippen molar-refractivity contribution in [3.63, 3.8) is 0 Å². The number of hydrogen-bond acceptors (Lipinski definition) is 6. The zero-order chi connectivity index (χ0) is 40.6. The summed E-state index contributed by atoms with van der Waals surface area (Å²) in [6.07, 6.45) is 42.5. The van der Waals surface area contributed by atoms with Crippen LogP contribution in [0.5, 0.6) is 0 Å². The lowest BCUT2D eigenvalue weighted by atomic mass is 10.0. The van der Waals surface area contributed by atoms with Gasteiger partial charge in [-0.1, -0.05) is 193 Å². The van der Waals surface area contributed by atoms with Gasteiger partial charge in [-0.15, -0.1) is 0 Å². The van der Waals surface area contributed by atoms with E-state index in [4.69, 9.17) is 9.47 Å². The van der Waals surface area contributed by atoms with Crippen LogP contribution in [0.15, 0.2) is 24.3 Å². The molecule has 0 amide bonds. The lowest BCUT2D eigenvalue weighted by Gasteiger charge is -2.16. The van der Waals surface area contributed by atoms with Crippen molar-refractivity contribution in [2.75, 3.05) is 53.5 Å². The highest BCUT2D eigenvalue weighted by molar-refractivity contribution is 6.03. The van der Waals surface area contributed by atoms with Crippen LogP contribution in [-0.2, 0) is 9.47 Å². The Kier molecular flexibility index (Phi) is 37.1. The fourth-order valence-electron chi connectivity index (χ4n) is 7.67. The molecule has 0 heterocycles. The van der Waals surface area contributed by atoms with E-state index < -0.39 is 11.9 Å². The quantitative estimate of drug-likeness (QED) is 0.0486. The maximum absolute atomic E-state index is 12.9. The predicted molar refractivity (Wildman–Crippen MR) is 241 cm³/mol. The summed E-state index contributed by atoms with van der Waals surface area (Å²) in [6, 6.07) is 6.87. The minimum Gasteiger partial charge on any atom is -0.462 e. The molecule has 0 radical (unpaired) electrons. The second kappa shape index (κ2) is 39.9. The Morgan fingerprint density at radius 1 is 0.375 bits per heavy atom. The molecule has 0 bridgehead atoms. The average Bonchev–Trinajstić information content (AvgIpc) is 3.20. The second-order valence-electron chi connectivity index (χ2n) is 17.0. The molecule has 56 heavy (non-hydrogen) atoms. The smallest absolute Gasteiger partial charge is 0.339 e. The van der Waals surface area contributed by atoms with E-state index in [0.717, 1.165) is 51.9 Å². The predicted octanol–water partition coefficient (Wildman–Crippen LogP) is 14.4. The third-order valence-electron chi connectivity index (χ3n) is 11.5. The molecule has 0 N–H and O–H groups in total. The van der Waals surface area contributed by atoms with E-state index in [2.05, 4.69) is 37.7 Å². The summed E-state index contributed by atoms with van der Waals surface area (Å²) < 4.78 is 11.2. The van der Waals surface area contributed by atoms with Crippen molar-refractivity contribution in [1.82, 2.24) is 9.80 Å². The Morgan fingerprint density at radius 3 is 0.875 bits per heavy atom. The number of esters is 2. The monoisotopic (exact) mass is 785 g/mol. The first-order valence-electron chi connectivity index (χ1n) is 24.3. The van der Waals surface area contributed by atoms with Gasteiger partial charge in [0.15, 0.2) is 0 Å². The Bertz CT molecular complexity index is 938. The van der Waals surface area contributed by atoms with Crippen molar-refractivity contribution < 1.29 is 19.1 Å². The molecule has 0 fully saturated rings. The first-order valence-corrected chi connectivity index (χ1v) is 24.3. The molecule has 0 spiro atoms. The number of ether oxygens (including phenoxy) is 2. The van der Waals surface area contributed by atoms with Crippen molar-refractivity contribution in [3.8, 4) is 0 Å². The van der Waals surface area contributed by atoms with Crippen molar-refractivity contribution >= 4 is 11.9 Å². The van der Waals surface area contributed by atoms with Crippen molar-refractivity contribution in [3.05, 3.63) is 35.4 Å². The molecule has 1 aromatic rings. The van der Waals surface area contributed by atoms with Gasteiger partial charge in [0, 0.05) is 0 Å². The van der Waals surface area contributed by atoms with Gasteiger partial charge in [0.05, 0.1) is 24.3 Å². The molecule has 0 aliphatic carbocycles. The molecule has 1 aromatic carbocycles.